The number of benzene rings is 2. The summed E-state index contributed by atoms with van der Waals surface area (Å²) >= 11 is 0. The number of esters is 1. The first-order valence-corrected chi connectivity index (χ1v) is 15.9. The third-order valence-corrected chi connectivity index (χ3v) is 6.90. The van der Waals surface area contributed by atoms with Crippen LogP contribution in [-0.2, 0) is 34.2 Å². The second-order valence-corrected chi connectivity index (χ2v) is 10.4. The summed E-state index contributed by atoms with van der Waals surface area (Å²) in [5.41, 5.74) is 6.55. The van der Waals surface area contributed by atoms with Gasteiger partial charge < -0.3 is 29.3 Å². The maximum Gasteiger partial charge on any atom is 0.338 e. The van der Waals surface area contributed by atoms with Crippen LogP contribution in [0.25, 0.3) is 17.2 Å². The summed E-state index contributed by atoms with van der Waals surface area (Å²) in [6, 6.07) is 12.7. The Morgan fingerprint density at radius 2 is 1.62 bits per heavy atom. The number of halogens is 2. The van der Waals surface area contributed by atoms with Crippen LogP contribution in [0, 0.1) is 25.5 Å². The third kappa shape index (κ3) is 13.3. The molecule has 0 amide bonds. The number of rotatable bonds is 7. The summed E-state index contributed by atoms with van der Waals surface area (Å²) in [6.07, 6.45) is 8.66. The molecule has 0 spiro atoms. The van der Waals surface area contributed by atoms with Gasteiger partial charge in [0.1, 0.15) is 18.9 Å². The van der Waals surface area contributed by atoms with Crippen molar-refractivity contribution in [3.05, 3.63) is 116 Å². The van der Waals surface area contributed by atoms with Crippen molar-refractivity contribution in [1.29, 1.82) is 0 Å². The van der Waals surface area contributed by atoms with E-state index >= 15 is 0 Å². The van der Waals surface area contributed by atoms with Gasteiger partial charge in [-0.05, 0) is 76.3 Å². The molecule has 50 heavy (non-hydrogen) atoms. The lowest BCUT2D eigenvalue weighted by Gasteiger charge is -2.19. The monoisotopic (exact) mass is 695 g/mol. The smallest absolute Gasteiger partial charge is 0.338 e. The minimum absolute atomic E-state index is 0. The van der Waals surface area contributed by atoms with Crippen molar-refractivity contribution >= 4 is 36.6 Å². The molecular weight excluding hydrogens is 644 g/mol. The molecule has 0 unspecified atom stereocenters. The van der Waals surface area contributed by atoms with Gasteiger partial charge in [-0.2, -0.15) is 0 Å². The van der Waals surface area contributed by atoms with Crippen LogP contribution in [-0.4, -0.2) is 47.4 Å². The van der Waals surface area contributed by atoms with Crippen molar-refractivity contribution in [2.45, 2.75) is 61.3 Å². The molecule has 0 bridgehead atoms. The number of nitrogens with one attached hydrogen (secondary N) is 1. The van der Waals surface area contributed by atoms with Crippen LogP contribution in [0.15, 0.2) is 65.7 Å². The zero-order valence-electron chi connectivity index (χ0n) is 30.4. The van der Waals surface area contributed by atoms with Crippen LogP contribution in [0.5, 0.6) is 0 Å². The van der Waals surface area contributed by atoms with Crippen LogP contribution < -0.4 is 10.9 Å². The molecule has 0 fully saturated rings. The number of carbonyl (C=O) groups excluding carboxylic acids is 3. The maximum atomic E-state index is 14.4. The number of hydrogen-bond acceptors (Lipinski definition) is 8. The molecule has 0 atom stereocenters. The van der Waals surface area contributed by atoms with Crippen LogP contribution in [0.3, 0.4) is 0 Å². The largest absolute Gasteiger partial charge is 0.465 e. The fourth-order valence-electron chi connectivity index (χ4n) is 4.52. The number of nitrogens with zero attached hydrogens (tertiary/aromatic N) is 2. The fraction of sp³-hybridized carbons (Fsp3) is 0.308. The summed E-state index contributed by atoms with van der Waals surface area (Å²) < 4.78 is 34.2. The average molecular weight is 696 g/mol. The van der Waals surface area contributed by atoms with Crippen molar-refractivity contribution in [2.75, 3.05) is 19.0 Å². The summed E-state index contributed by atoms with van der Waals surface area (Å²) in [6.45, 7) is 15.1. The standard InChI is InChI=1S/C25H25F2N3O3.C9H12.C2H6O.C2H4O.CH2O.H2/c1-6-8-17-14(3)24(31)30(4)13-20(17)19-9-15(7-2)18(25(32)33-5)11-22(19)29-23-21(27)10-16(26)12-28-23;1-3-9-6-4-8(2)5-7-9;2*1-2-3;1-2;/h6,8-13H,7H2,1-5H3,(H,28,29);4-7H,3H2,1-2H3;3H,2H2,1H3;2H,1H3;1H2;1H/b8-6-;;;;;. The first-order valence-electron chi connectivity index (χ1n) is 15.9. The van der Waals surface area contributed by atoms with E-state index < -0.39 is 17.6 Å². The lowest BCUT2D eigenvalue weighted by atomic mass is 9.92. The van der Waals surface area contributed by atoms with Crippen LogP contribution in [0.2, 0.25) is 0 Å². The minimum atomic E-state index is -0.884. The quantitative estimate of drug-likeness (QED) is 0.147. The van der Waals surface area contributed by atoms with Gasteiger partial charge in [0.05, 0.1) is 18.9 Å². The Bertz CT molecular complexity index is 1760. The number of ether oxygens (including phenoxy) is 1. The van der Waals surface area contributed by atoms with E-state index in [0.717, 1.165) is 25.0 Å². The van der Waals surface area contributed by atoms with Crippen molar-refractivity contribution < 1.29 is 34.4 Å². The number of carbonyl (C=O) groups is 3. The van der Waals surface area contributed by atoms with E-state index in [9.17, 15) is 18.4 Å². The summed E-state index contributed by atoms with van der Waals surface area (Å²) in [5, 5.41) is 10.5. The molecular formula is C39H51F2N3O6. The SMILES string of the molecule is C/C=C\c1c(-c2cc(CC)c(C(=O)OC)cc2Nc2ncc(F)cc2F)cn(C)c(=O)c1C.C=O.CC=O.CCO.CCc1ccc(C)cc1.[HH]. The second-order valence-electron chi connectivity index (χ2n) is 10.4. The Labute approximate surface area is 295 Å². The molecule has 0 radical (unpaired) electrons. The number of aldehydes is 1. The Hall–Kier alpha value is -5.29. The number of pyridine rings is 2. The maximum absolute atomic E-state index is 14.4. The number of allylic oxidation sites excluding steroid dienone is 1. The van der Waals surface area contributed by atoms with E-state index in [0.29, 0.717) is 45.5 Å². The highest BCUT2D eigenvalue weighted by molar-refractivity contribution is 5.96. The number of hydrogen-bond donors (Lipinski definition) is 2. The lowest BCUT2D eigenvalue weighted by molar-refractivity contribution is -0.106. The van der Waals surface area contributed by atoms with E-state index in [1.165, 1.54) is 29.7 Å². The number of anilines is 2. The fourth-order valence-corrected chi connectivity index (χ4v) is 4.52. The molecule has 0 aliphatic carbocycles. The molecule has 4 rings (SSSR count). The Morgan fingerprint density at radius 3 is 2.10 bits per heavy atom. The molecule has 272 valence electrons. The predicted octanol–water partition coefficient (Wildman–Crippen LogP) is 7.98. The van der Waals surface area contributed by atoms with E-state index in [1.807, 2.05) is 38.9 Å². The van der Waals surface area contributed by atoms with Crippen LogP contribution in [0.1, 0.15) is 74.2 Å². The topological polar surface area (TPSA) is 128 Å². The molecule has 2 N–H and O–H groups in total. The zero-order chi connectivity index (χ0) is 38.4. The van der Waals surface area contributed by atoms with Gasteiger partial charge in [0.25, 0.3) is 5.56 Å². The highest BCUT2D eigenvalue weighted by atomic mass is 19.1. The van der Waals surface area contributed by atoms with Gasteiger partial charge in [-0.25, -0.2) is 18.6 Å². The van der Waals surface area contributed by atoms with E-state index in [-0.39, 0.29) is 19.4 Å². The number of aryl methyl sites for hydroxylation is 4. The minimum Gasteiger partial charge on any atom is -0.465 e. The lowest BCUT2D eigenvalue weighted by Crippen LogP contribution is -2.20. The van der Waals surface area contributed by atoms with Crippen molar-refractivity contribution in [1.82, 2.24) is 9.55 Å². The number of aromatic nitrogens is 2. The molecule has 9 nitrogen and oxygen atoms in total. The van der Waals surface area contributed by atoms with E-state index in [1.54, 1.807) is 33.2 Å². The summed E-state index contributed by atoms with van der Waals surface area (Å²) in [7, 11) is 2.93. The average Bonchev–Trinajstić information content (AvgIpc) is 3.11. The highest BCUT2D eigenvalue weighted by Crippen LogP contribution is 2.36. The Balaban J connectivity index is 0. The molecule has 0 aliphatic heterocycles. The van der Waals surface area contributed by atoms with Gasteiger partial charge in [0.2, 0.25) is 0 Å². The van der Waals surface area contributed by atoms with Crippen LogP contribution in [0.4, 0.5) is 20.3 Å². The highest BCUT2D eigenvalue weighted by Gasteiger charge is 2.21. The molecule has 2 heterocycles. The molecule has 0 saturated carbocycles. The molecule has 0 saturated heterocycles. The van der Waals surface area contributed by atoms with E-state index in [4.69, 9.17) is 19.4 Å². The van der Waals surface area contributed by atoms with Gasteiger partial charge in [0, 0.05) is 49.7 Å². The third-order valence-electron chi connectivity index (χ3n) is 6.90. The molecule has 4 aromatic rings. The summed E-state index contributed by atoms with van der Waals surface area (Å²) in [4.78, 5) is 45.6. The van der Waals surface area contributed by atoms with Crippen molar-refractivity contribution in [2.24, 2.45) is 7.05 Å². The Morgan fingerprint density at radius 1 is 1.04 bits per heavy atom. The first kappa shape index (κ1) is 44.7. The van der Waals surface area contributed by atoms with E-state index in [2.05, 4.69) is 48.4 Å². The predicted molar refractivity (Wildman–Crippen MR) is 199 cm³/mol. The van der Waals surface area contributed by atoms with Gasteiger partial charge in [-0.3, -0.25) is 4.79 Å². The number of methoxy groups -OCH3 is 1. The number of aliphatic hydroxyl groups is 1. The van der Waals surface area contributed by atoms with Crippen molar-refractivity contribution in [3.8, 4) is 11.1 Å². The second kappa shape index (κ2) is 23.9. The van der Waals surface area contributed by atoms with Gasteiger partial charge in [-0.15, -0.1) is 0 Å². The summed E-state index contributed by atoms with van der Waals surface area (Å²) in [5.74, 6) is -2.43. The van der Waals surface area contributed by atoms with Gasteiger partial charge in [-0.1, -0.05) is 55.8 Å². The Kier molecular flexibility index (Phi) is 21.4. The first-order chi connectivity index (χ1) is 23.9. The molecule has 2 aromatic carbocycles. The molecule has 0 aliphatic rings. The normalized spacial score (nSPS) is 9.76. The number of aliphatic hydroxyl groups excluding tert-OH is 1. The van der Waals surface area contributed by atoms with Crippen LogP contribution >= 0.6 is 0 Å². The molecule has 11 heteroatoms. The zero-order valence-corrected chi connectivity index (χ0v) is 30.4. The van der Waals surface area contributed by atoms with Crippen molar-refractivity contribution in [3.63, 3.8) is 0 Å². The molecule has 2 aromatic heterocycles. The van der Waals surface area contributed by atoms with Gasteiger partial charge in [0.15, 0.2) is 11.6 Å². The van der Waals surface area contributed by atoms with Gasteiger partial charge >= 0.3 is 5.97 Å².